The molecule has 158 valence electrons. The van der Waals surface area contributed by atoms with E-state index in [4.69, 9.17) is 0 Å². The van der Waals surface area contributed by atoms with E-state index in [1.807, 2.05) is 84.9 Å². The minimum atomic E-state index is -1.13. The van der Waals surface area contributed by atoms with E-state index in [1.165, 1.54) is 0 Å². The van der Waals surface area contributed by atoms with Gasteiger partial charge in [-0.3, -0.25) is 19.2 Å². The van der Waals surface area contributed by atoms with Crippen LogP contribution >= 0.6 is 0 Å². The molecule has 0 fully saturated rings. The van der Waals surface area contributed by atoms with E-state index >= 15 is 0 Å². The summed E-state index contributed by atoms with van der Waals surface area (Å²) in [5, 5.41) is 3.54. The van der Waals surface area contributed by atoms with Crippen molar-refractivity contribution in [2.24, 2.45) is 0 Å². The van der Waals surface area contributed by atoms with Crippen LogP contribution in [0, 0.1) is 0 Å². The highest BCUT2D eigenvalue weighted by Gasteiger charge is 2.34. The van der Waals surface area contributed by atoms with Crippen molar-refractivity contribution in [2.45, 2.75) is 25.7 Å². The largest absolute Gasteiger partial charge is 0.299 e. The second kappa shape index (κ2) is 9.06. The average molecular weight is 422 g/mol. The van der Waals surface area contributed by atoms with Crippen molar-refractivity contribution in [1.29, 1.82) is 0 Å². The molecule has 0 aliphatic rings. The van der Waals surface area contributed by atoms with Gasteiger partial charge in [0, 0.05) is 6.42 Å². The molecule has 0 bridgehead atoms. The van der Waals surface area contributed by atoms with Gasteiger partial charge in [-0.15, -0.1) is 0 Å². The van der Waals surface area contributed by atoms with Crippen LogP contribution in [0.3, 0.4) is 0 Å². The molecule has 0 aromatic heterocycles. The minimum absolute atomic E-state index is 0.142. The molecule has 0 amide bonds. The van der Waals surface area contributed by atoms with Crippen LogP contribution in [0.15, 0.2) is 84.9 Å². The Labute approximate surface area is 185 Å². The van der Waals surface area contributed by atoms with Gasteiger partial charge in [-0.05, 0) is 32.7 Å². The van der Waals surface area contributed by atoms with Crippen molar-refractivity contribution < 1.29 is 19.2 Å². The summed E-state index contributed by atoms with van der Waals surface area (Å²) in [6.07, 6.45) is -0.401. The van der Waals surface area contributed by atoms with Crippen LogP contribution in [0.5, 0.6) is 0 Å². The Hall–Kier alpha value is -3.92. The number of ketones is 4. The summed E-state index contributed by atoms with van der Waals surface area (Å²) in [6.45, 7) is 1.62. The first-order valence-corrected chi connectivity index (χ1v) is 10.6. The Balaban J connectivity index is 1.91. The fraction of sp³-hybridized carbons (Fsp3) is 0.143. The molecular formula is C28H22O4. The number of benzene rings is 4. The summed E-state index contributed by atoms with van der Waals surface area (Å²) in [6, 6.07) is 26.5. The van der Waals surface area contributed by atoms with E-state index in [1.54, 1.807) is 6.92 Å². The maximum Gasteiger partial charge on any atom is 0.265 e. The van der Waals surface area contributed by atoms with Gasteiger partial charge in [0.15, 0.2) is 0 Å². The smallest absolute Gasteiger partial charge is 0.265 e. The van der Waals surface area contributed by atoms with Crippen LogP contribution in [0.2, 0.25) is 0 Å². The summed E-state index contributed by atoms with van der Waals surface area (Å²) in [5.41, 5.74) is 1.32. The third kappa shape index (κ3) is 4.00. The van der Waals surface area contributed by atoms with Crippen molar-refractivity contribution in [3.8, 4) is 0 Å². The number of fused-ring (bicyclic) bond motifs is 2. The SMILES string of the molecule is CCC(=O)CC(=O)C(=O)C(=O)C(c1cccc2ccccc12)c1cccc2ccccc12. The number of carbonyl (C=O) groups excluding carboxylic acids is 4. The lowest BCUT2D eigenvalue weighted by Crippen LogP contribution is -2.31. The van der Waals surface area contributed by atoms with Crippen molar-refractivity contribution in [3.05, 3.63) is 96.1 Å². The lowest BCUT2D eigenvalue weighted by Gasteiger charge is -2.20. The second-order valence-corrected chi connectivity index (χ2v) is 7.76. The molecule has 0 radical (unpaired) electrons. The number of hydrogen-bond acceptors (Lipinski definition) is 4. The summed E-state index contributed by atoms with van der Waals surface area (Å²) in [7, 11) is 0. The van der Waals surface area contributed by atoms with Gasteiger partial charge < -0.3 is 0 Å². The lowest BCUT2D eigenvalue weighted by atomic mass is 9.80. The third-order valence-corrected chi connectivity index (χ3v) is 5.76. The summed E-state index contributed by atoms with van der Waals surface area (Å²) in [4.78, 5) is 50.6. The second-order valence-electron chi connectivity index (χ2n) is 7.76. The molecule has 32 heavy (non-hydrogen) atoms. The molecule has 4 heteroatoms. The standard InChI is InChI=1S/C28H22O4/c1-2-20(29)17-25(30)27(31)28(32)26(23-15-7-11-18-9-3-5-13-21(18)23)24-16-8-12-19-10-4-6-14-22(19)24/h3-16,26H,2,17H2,1H3. The van der Waals surface area contributed by atoms with Gasteiger partial charge in [0.1, 0.15) is 5.78 Å². The molecule has 0 saturated carbocycles. The van der Waals surface area contributed by atoms with Gasteiger partial charge in [0.05, 0.1) is 12.3 Å². The van der Waals surface area contributed by atoms with Crippen LogP contribution in [-0.4, -0.2) is 23.1 Å². The van der Waals surface area contributed by atoms with Crippen molar-refractivity contribution >= 4 is 44.7 Å². The quantitative estimate of drug-likeness (QED) is 0.289. The van der Waals surface area contributed by atoms with Crippen LogP contribution < -0.4 is 0 Å². The molecule has 4 rings (SSSR count). The van der Waals surface area contributed by atoms with E-state index in [2.05, 4.69) is 0 Å². The highest BCUT2D eigenvalue weighted by Crippen LogP contribution is 2.35. The van der Waals surface area contributed by atoms with E-state index in [0.29, 0.717) is 11.1 Å². The van der Waals surface area contributed by atoms with E-state index < -0.39 is 29.7 Å². The predicted molar refractivity (Wildman–Crippen MR) is 125 cm³/mol. The van der Waals surface area contributed by atoms with Crippen molar-refractivity contribution in [3.63, 3.8) is 0 Å². The minimum Gasteiger partial charge on any atom is -0.299 e. The zero-order valence-corrected chi connectivity index (χ0v) is 17.7. The fourth-order valence-electron chi connectivity index (χ4n) is 4.11. The maximum absolute atomic E-state index is 13.6. The normalized spacial score (nSPS) is 11.1. The molecule has 0 N–H and O–H groups in total. The lowest BCUT2D eigenvalue weighted by molar-refractivity contribution is -0.145. The Morgan fingerprint density at radius 1 is 0.656 bits per heavy atom. The molecular weight excluding hydrogens is 400 g/mol. The summed E-state index contributed by atoms with van der Waals surface area (Å²) < 4.78 is 0. The molecule has 0 saturated heterocycles. The fourth-order valence-corrected chi connectivity index (χ4v) is 4.11. The Morgan fingerprint density at radius 2 is 1.12 bits per heavy atom. The summed E-state index contributed by atoms with van der Waals surface area (Å²) in [5.74, 6) is -4.21. The third-order valence-electron chi connectivity index (χ3n) is 5.76. The van der Waals surface area contributed by atoms with E-state index in [0.717, 1.165) is 21.5 Å². The molecule has 0 aliphatic heterocycles. The number of hydrogen-bond donors (Lipinski definition) is 0. The highest BCUT2D eigenvalue weighted by atomic mass is 16.2. The van der Waals surface area contributed by atoms with Crippen LogP contribution in [-0.2, 0) is 19.2 Å². The molecule has 0 spiro atoms. The van der Waals surface area contributed by atoms with Gasteiger partial charge in [-0.25, -0.2) is 0 Å². The first-order chi connectivity index (χ1) is 15.5. The Bertz CT molecular complexity index is 1280. The zero-order valence-electron chi connectivity index (χ0n) is 17.7. The average Bonchev–Trinajstić information content (AvgIpc) is 2.83. The first kappa shape index (κ1) is 21.3. The maximum atomic E-state index is 13.6. The topological polar surface area (TPSA) is 68.3 Å². The molecule has 0 aliphatic carbocycles. The summed E-state index contributed by atoms with van der Waals surface area (Å²) >= 11 is 0. The highest BCUT2D eigenvalue weighted by molar-refractivity contribution is 6.66. The molecule has 0 unspecified atom stereocenters. The van der Waals surface area contributed by atoms with Gasteiger partial charge in [-0.1, -0.05) is 91.9 Å². The number of carbonyl (C=O) groups is 4. The zero-order chi connectivity index (χ0) is 22.7. The van der Waals surface area contributed by atoms with Gasteiger partial charge in [0.25, 0.3) is 5.78 Å². The van der Waals surface area contributed by atoms with Crippen molar-refractivity contribution in [2.75, 3.05) is 0 Å². The van der Waals surface area contributed by atoms with E-state index in [-0.39, 0.29) is 12.2 Å². The molecule has 4 aromatic rings. The molecule has 0 atom stereocenters. The van der Waals surface area contributed by atoms with Crippen LogP contribution in [0.4, 0.5) is 0 Å². The Morgan fingerprint density at radius 3 is 1.62 bits per heavy atom. The number of Topliss-reactive ketones (excluding diaryl/α,β-unsaturated/α-hetero) is 4. The van der Waals surface area contributed by atoms with Crippen LogP contribution in [0.25, 0.3) is 21.5 Å². The van der Waals surface area contributed by atoms with Gasteiger partial charge >= 0.3 is 0 Å². The van der Waals surface area contributed by atoms with E-state index in [9.17, 15) is 19.2 Å². The first-order valence-electron chi connectivity index (χ1n) is 10.6. The van der Waals surface area contributed by atoms with Gasteiger partial charge in [-0.2, -0.15) is 0 Å². The Kier molecular flexibility index (Phi) is 6.04. The van der Waals surface area contributed by atoms with Gasteiger partial charge in [0.2, 0.25) is 11.6 Å². The molecule has 4 aromatic carbocycles. The monoisotopic (exact) mass is 422 g/mol. The molecule has 0 heterocycles. The van der Waals surface area contributed by atoms with Crippen molar-refractivity contribution in [1.82, 2.24) is 0 Å². The predicted octanol–water partition coefficient (Wildman–Crippen LogP) is 5.20. The molecule has 4 nitrogen and oxygen atoms in total. The number of rotatable bonds is 8. The van der Waals surface area contributed by atoms with Crippen LogP contribution in [0.1, 0.15) is 36.8 Å².